The number of rotatable bonds is 6. The topological polar surface area (TPSA) is 83.8 Å². The number of aliphatic hydroxyl groups is 1. The van der Waals surface area contributed by atoms with Gasteiger partial charge in [-0.15, -0.1) is 0 Å². The van der Waals surface area contributed by atoms with Crippen LogP contribution in [0.4, 0.5) is 5.69 Å². The molecule has 36 heavy (non-hydrogen) atoms. The molecule has 2 aromatic carbocycles. The summed E-state index contributed by atoms with van der Waals surface area (Å²) in [6.07, 6.45) is 2.59. The molecule has 4 rings (SSSR count). The number of carbonyl (C=O) groups excluding carboxylic acids is 1. The second kappa shape index (κ2) is 9.82. The molecule has 190 valence electrons. The normalized spacial score (nSPS) is 15.8. The molecule has 1 aliphatic heterocycles. The van der Waals surface area contributed by atoms with Crippen LogP contribution in [0.2, 0.25) is 0 Å². The van der Waals surface area contributed by atoms with Gasteiger partial charge in [0.2, 0.25) is 5.91 Å². The molecule has 1 aromatic heterocycles. The number of ether oxygens (including phenoxy) is 1. The summed E-state index contributed by atoms with van der Waals surface area (Å²) in [6.45, 7) is 10.3. The van der Waals surface area contributed by atoms with Crippen LogP contribution >= 0.6 is 0 Å². The number of pyridine rings is 1. The zero-order valence-corrected chi connectivity index (χ0v) is 21.9. The van der Waals surface area contributed by atoms with Gasteiger partial charge < -0.3 is 24.6 Å². The van der Waals surface area contributed by atoms with Crippen molar-refractivity contribution in [1.29, 1.82) is 0 Å². The monoisotopic (exact) mass is 489 g/mol. The van der Waals surface area contributed by atoms with Gasteiger partial charge >= 0.3 is 0 Å². The van der Waals surface area contributed by atoms with Gasteiger partial charge in [0.25, 0.3) is 5.56 Å². The molecule has 1 fully saturated rings. The average Bonchev–Trinajstić information content (AvgIpc) is 3.27. The molecule has 1 amide bonds. The lowest BCUT2D eigenvalue weighted by Gasteiger charge is -2.24. The fourth-order valence-corrected chi connectivity index (χ4v) is 4.63. The molecular weight excluding hydrogens is 454 g/mol. The quantitative estimate of drug-likeness (QED) is 0.523. The third-order valence-electron chi connectivity index (χ3n) is 6.82. The number of likely N-dealkylation sites (tertiary alicyclic amines) is 1. The summed E-state index contributed by atoms with van der Waals surface area (Å²) >= 11 is 0. The van der Waals surface area contributed by atoms with Gasteiger partial charge in [0.1, 0.15) is 11.5 Å². The first-order valence-corrected chi connectivity index (χ1v) is 12.3. The molecule has 1 aliphatic rings. The number of para-hydroxylation sites is 1. The maximum absolute atomic E-state index is 12.6. The Hall–Kier alpha value is -3.58. The molecule has 3 aromatic rings. The summed E-state index contributed by atoms with van der Waals surface area (Å²) < 4.78 is 8.03. The number of hydrogen-bond acceptors (Lipinski definition) is 5. The fourth-order valence-electron chi connectivity index (χ4n) is 4.63. The number of amides is 1. The minimum atomic E-state index is -1.06. The smallest absolute Gasteiger partial charge is 0.252 e. The number of anilines is 1. The van der Waals surface area contributed by atoms with Crippen LogP contribution in [0.1, 0.15) is 43.9 Å². The minimum Gasteiger partial charge on any atom is -0.456 e. The summed E-state index contributed by atoms with van der Waals surface area (Å²) in [5.41, 5.74) is 3.78. The first kappa shape index (κ1) is 25.5. The van der Waals surface area contributed by atoms with Crippen molar-refractivity contribution in [3.8, 4) is 22.6 Å². The van der Waals surface area contributed by atoms with Crippen LogP contribution in [-0.4, -0.2) is 39.6 Å². The molecule has 2 N–H and O–H groups in total. The third kappa shape index (κ3) is 5.31. The van der Waals surface area contributed by atoms with E-state index >= 15 is 0 Å². The maximum atomic E-state index is 12.6. The van der Waals surface area contributed by atoms with Crippen LogP contribution in [0, 0.1) is 13.8 Å². The van der Waals surface area contributed by atoms with Gasteiger partial charge in [0.15, 0.2) is 0 Å². The summed E-state index contributed by atoms with van der Waals surface area (Å²) in [5.74, 6) is 1.45. The van der Waals surface area contributed by atoms with Gasteiger partial charge in [-0.2, -0.15) is 0 Å². The van der Waals surface area contributed by atoms with Gasteiger partial charge in [0.05, 0.1) is 5.60 Å². The SMILES string of the molecule is CC(=O)N1CCC(Nc2cc(=O)n(C)cc2-c2cc(C(C)(C)O)ccc2Oc2c(C)cccc2C)C1. The highest BCUT2D eigenvalue weighted by Gasteiger charge is 2.26. The van der Waals surface area contributed by atoms with Crippen molar-refractivity contribution in [1.82, 2.24) is 9.47 Å². The van der Waals surface area contributed by atoms with Crippen molar-refractivity contribution in [2.45, 2.75) is 52.7 Å². The van der Waals surface area contributed by atoms with Crippen molar-refractivity contribution in [3.05, 3.63) is 75.7 Å². The number of aryl methyl sites for hydroxylation is 3. The number of carbonyl (C=O) groups is 1. The third-order valence-corrected chi connectivity index (χ3v) is 6.82. The average molecular weight is 490 g/mol. The molecule has 0 spiro atoms. The Morgan fingerprint density at radius 2 is 1.81 bits per heavy atom. The molecule has 1 unspecified atom stereocenters. The van der Waals surface area contributed by atoms with E-state index in [0.717, 1.165) is 40.0 Å². The number of hydrogen-bond donors (Lipinski definition) is 2. The predicted octanol–water partition coefficient (Wildman–Crippen LogP) is 4.72. The lowest BCUT2D eigenvalue weighted by molar-refractivity contribution is -0.127. The Morgan fingerprint density at radius 1 is 1.11 bits per heavy atom. The van der Waals surface area contributed by atoms with Crippen LogP contribution in [0.3, 0.4) is 0 Å². The zero-order valence-electron chi connectivity index (χ0n) is 21.9. The van der Waals surface area contributed by atoms with E-state index < -0.39 is 5.60 Å². The van der Waals surface area contributed by atoms with Gasteiger partial charge in [0, 0.05) is 62.2 Å². The highest BCUT2D eigenvalue weighted by atomic mass is 16.5. The Labute approximate surface area is 212 Å². The molecule has 7 nitrogen and oxygen atoms in total. The van der Waals surface area contributed by atoms with Crippen molar-refractivity contribution in [2.75, 3.05) is 18.4 Å². The lowest BCUT2D eigenvalue weighted by atomic mass is 9.93. The molecule has 0 aliphatic carbocycles. The minimum absolute atomic E-state index is 0.0280. The summed E-state index contributed by atoms with van der Waals surface area (Å²) in [6, 6.07) is 13.3. The Bertz CT molecular complexity index is 1330. The standard InChI is InChI=1S/C29H35N3O4/c1-18-8-7-9-19(2)28(18)36-26-11-10-21(29(4,5)35)14-23(26)24-17-31(6)27(34)15-25(24)30-22-12-13-32(16-22)20(3)33/h7-11,14-15,17,22,30,35H,12-13,16H2,1-6H3. The second-order valence-electron chi connectivity index (χ2n) is 10.2. The molecule has 1 saturated heterocycles. The fraction of sp³-hybridized carbons (Fsp3) is 0.379. The van der Waals surface area contributed by atoms with E-state index in [1.165, 1.54) is 4.57 Å². The number of aromatic nitrogens is 1. The van der Waals surface area contributed by atoms with E-state index in [1.54, 1.807) is 40.1 Å². The van der Waals surface area contributed by atoms with Crippen molar-refractivity contribution < 1.29 is 14.6 Å². The number of nitrogens with zero attached hydrogens (tertiary/aromatic N) is 2. The van der Waals surface area contributed by atoms with Crippen molar-refractivity contribution in [2.24, 2.45) is 7.05 Å². The molecule has 0 saturated carbocycles. The van der Waals surface area contributed by atoms with Crippen LogP contribution in [0.5, 0.6) is 11.5 Å². The summed E-state index contributed by atoms with van der Waals surface area (Å²) in [4.78, 5) is 26.3. The van der Waals surface area contributed by atoms with Gasteiger partial charge in [-0.1, -0.05) is 24.3 Å². The Kier molecular flexibility index (Phi) is 6.96. The first-order valence-electron chi connectivity index (χ1n) is 12.3. The number of benzene rings is 2. The van der Waals surface area contributed by atoms with E-state index in [4.69, 9.17) is 4.74 Å². The Balaban J connectivity index is 1.84. The highest BCUT2D eigenvalue weighted by molar-refractivity contribution is 5.82. The van der Waals surface area contributed by atoms with Crippen LogP contribution < -0.4 is 15.6 Å². The van der Waals surface area contributed by atoms with E-state index in [-0.39, 0.29) is 17.5 Å². The van der Waals surface area contributed by atoms with Crippen LogP contribution in [0.25, 0.3) is 11.1 Å². The van der Waals surface area contributed by atoms with E-state index in [2.05, 4.69) is 5.32 Å². The molecule has 7 heteroatoms. The van der Waals surface area contributed by atoms with Gasteiger partial charge in [-0.25, -0.2) is 0 Å². The largest absolute Gasteiger partial charge is 0.456 e. The predicted molar refractivity (Wildman–Crippen MR) is 143 cm³/mol. The highest BCUT2D eigenvalue weighted by Crippen LogP contribution is 2.41. The summed E-state index contributed by atoms with van der Waals surface area (Å²) in [5, 5.41) is 14.3. The Morgan fingerprint density at radius 3 is 2.42 bits per heavy atom. The van der Waals surface area contributed by atoms with Gasteiger partial charge in [-0.05, 0) is 62.9 Å². The molecule has 0 radical (unpaired) electrons. The first-order chi connectivity index (χ1) is 16.9. The maximum Gasteiger partial charge on any atom is 0.252 e. The van der Waals surface area contributed by atoms with Crippen molar-refractivity contribution >= 4 is 11.6 Å². The molecule has 2 heterocycles. The molecule has 0 bridgehead atoms. The van der Waals surface area contributed by atoms with Crippen LogP contribution in [0.15, 0.2) is 53.5 Å². The van der Waals surface area contributed by atoms with E-state index in [1.807, 2.05) is 55.1 Å². The van der Waals surface area contributed by atoms with Crippen molar-refractivity contribution in [3.63, 3.8) is 0 Å². The second-order valence-corrected chi connectivity index (χ2v) is 10.2. The lowest BCUT2D eigenvalue weighted by Crippen LogP contribution is -2.30. The van der Waals surface area contributed by atoms with E-state index in [0.29, 0.717) is 24.5 Å². The van der Waals surface area contributed by atoms with E-state index in [9.17, 15) is 14.7 Å². The van der Waals surface area contributed by atoms with Crippen LogP contribution in [-0.2, 0) is 17.4 Å². The molecule has 1 atom stereocenters. The molecular formula is C29H35N3O4. The summed E-state index contributed by atoms with van der Waals surface area (Å²) in [7, 11) is 1.72. The zero-order chi connectivity index (χ0) is 26.2. The van der Waals surface area contributed by atoms with Gasteiger partial charge in [-0.3, -0.25) is 9.59 Å². The number of nitrogens with one attached hydrogen (secondary N) is 1.